The van der Waals surface area contributed by atoms with Crippen LogP contribution in [0.5, 0.6) is 5.75 Å². The highest BCUT2D eigenvalue weighted by Crippen LogP contribution is 2.50. The summed E-state index contributed by atoms with van der Waals surface area (Å²) in [7, 11) is 3.31. The molecule has 1 heterocycles. The summed E-state index contributed by atoms with van der Waals surface area (Å²) < 4.78 is 10.3. The van der Waals surface area contributed by atoms with Crippen molar-refractivity contribution in [2.45, 2.75) is 18.4 Å². The summed E-state index contributed by atoms with van der Waals surface area (Å²) in [6, 6.07) is 14.5. The summed E-state index contributed by atoms with van der Waals surface area (Å²) in [5.74, 6) is 1.56. The zero-order valence-electron chi connectivity index (χ0n) is 16.3. The van der Waals surface area contributed by atoms with Crippen LogP contribution in [-0.2, 0) is 4.74 Å². The summed E-state index contributed by atoms with van der Waals surface area (Å²) in [6.07, 6.45) is 5.57. The molecule has 0 bridgehead atoms. The zero-order chi connectivity index (χ0) is 19.5. The van der Waals surface area contributed by atoms with Gasteiger partial charge in [-0.05, 0) is 53.8 Å². The molecular weight excluding hydrogens is 352 g/mol. The number of amides is 1. The normalized spacial score (nSPS) is 22.1. The molecule has 1 amide bonds. The van der Waals surface area contributed by atoms with Crippen LogP contribution in [0.15, 0.2) is 54.6 Å². The van der Waals surface area contributed by atoms with Gasteiger partial charge in [0.05, 0.1) is 19.8 Å². The summed E-state index contributed by atoms with van der Waals surface area (Å²) in [5, 5.41) is 6.61. The lowest BCUT2D eigenvalue weighted by molar-refractivity contribution is 0.0937. The summed E-state index contributed by atoms with van der Waals surface area (Å²) >= 11 is 0. The molecule has 28 heavy (non-hydrogen) atoms. The Balaban J connectivity index is 1.60. The minimum absolute atomic E-state index is 0.0596. The minimum atomic E-state index is -0.0596. The number of hydrogen-bond acceptors (Lipinski definition) is 4. The van der Waals surface area contributed by atoms with Gasteiger partial charge in [0.15, 0.2) is 0 Å². The number of rotatable bonds is 6. The molecule has 2 aromatic rings. The highest BCUT2D eigenvalue weighted by molar-refractivity contribution is 5.95. The molecule has 0 fully saturated rings. The van der Waals surface area contributed by atoms with Gasteiger partial charge in [-0.25, -0.2) is 0 Å². The predicted molar refractivity (Wildman–Crippen MR) is 110 cm³/mol. The topological polar surface area (TPSA) is 59.6 Å². The van der Waals surface area contributed by atoms with Gasteiger partial charge in [0.2, 0.25) is 0 Å². The maximum atomic E-state index is 12.4. The standard InChI is InChI=1S/C23H26N2O3/c1-27-13-12-24-23(26)16-8-11-21-20(14-16)18-4-3-5-19(18)22(25-21)15-6-9-17(28-2)10-7-15/h3-4,6-11,14,18-19,22,25H,5,12-13H2,1-2H3,(H,24,26). The molecule has 2 aromatic carbocycles. The molecule has 5 heteroatoms. The Morgan fingerprint density at radius 1 is 1.18 bits per heavy atom. The molecule has 1 aliphatic heterocycles. The lowest BCUT2D eigenvalue weighted by Crippen LogP contribution is -2.30. The van der Waals surface area contributed by atoms with Crippen molar-refractivity contribution in [2.75, 3.05) is 32.7 Å². The second-order valence-electron chi connectivity index (χ2n) is 7.30. The zero-order valence-corrected chi connectivity index (χ0v) is 16.3. The van der Waals surface area contributed by atoms with Gasteiger partial charge >= 0.3 is 0 Å². The average Bonchev–Trinajstić information content (AvgIpc) is 3.23. The van der Waals surface area contributed by atoms with E-state index in [9.17, 15) is 4.79 Å². The fourth-order valence-corrected chi connectivity index (χ4v) is 4.25. The highest BCUT2D eigenvalue weighted by Gasteiger charge is 2.38. The molecule has 0 saturated heterocycles. The van der Waals surface area contributed by atoms with Crippen molar-refractivity contribution in [3.8, 4) is 5.75 Å². The molecule has 3 unspecified atom stereocenters. The third kappa shape index (κ3) is 3.50. The number of fused-ring (bicyclic) bond motifs is 3. The number of allylic oxidation sites excluding steroid dienone is 2. The first-order valence-corrected chi connectivity index (χ1v) is 9.69. The lowest BCUT2D eigenvalue weighted by atomic mass is 9.76. The van der Waals surface area contributed by atoms with Crippen LogP contribution >= 0.6 is 0 Å². The van der Waals surface area contributed by atoms with E-state index in [2.05, 4.69) is 34.9 Å². The van der Waals surface area contributed by atoms with E-state index in [1.807, 2.05) is 30.3 Å². The number of ether oxygens (including phenoxy) is 2. The van der Waals surface area contributed by atoms with Crippen LogP contribution in [0.1, 0.15) is 39.9 Å². The number of methoxy groups -OCH3 is 2. The smallest absolute Gasteiger partial charge is 0.251 e. The second-order valence-corrected chi connectivity index (χ2v) is 7.30. The summed E-state index contributed by atoms with van der Waals surface area (Å²) in [5.41, 5.74) is 4.25. The van der Waals surface area contributed by atoms with E-state index >= 15 is 0 Å². The van der Waals surface area contributed by atoms with Crippen LogP contribution in [-0.4, -0.2) is 33.3 Å². The van der Waals surface area contributed by atoms with E-state index in [-0.39, 0.29) is 11.9 Å². The van der Waals surface area contributed by atoms with Gasteiger partial charge in [-0.1, -0.05) is 24.3 Å². The van der Waals surface area contributed by atoms with Gasteiger partial charge in [0, 0.05) is 30.8 Å². The SMILES string of the molecule is COCCNC(=O)c1ccc2c(c1)C1C=CCC1C(c1ccc(OC)cc1)N2. The second kappa shape index (κ2) is 8.07. The van der Waals surface area contributed by atoms with Crippen molar-refractivity contribution in [3.63, 3.8) is 0 Å². The van der Waals surface area contributed by atoms with Crippen molar-refractivity contribution >= 4 is 11.6 Å². The van der Waals surface area contributed by atoms with E-state index in [0.717, 1.165) is 17.9 Å². The van der Waals surface area contributed by atoms with E-state index in [0.29, 0.717) is 30.6 Å². The third-order valence-corrected chi connectivity index (χ3v) is 5.69. The molecule has 0 aromatic heterocycles. The molecule has 0 saturated carbocycles. The first-order valence-electron chi connectivity index (χ1n) is 9.69. The van der Waals surface area contributed by atoms with Gasteiger partial charge in [-0.2, -0.15) is 0 Å². The minimum Gasteiger partial charge on any atom is -0.497 e. The molecule has 1 aliphatic carbocycles. The van der Waals surface area contributed by atoms with E-state index < -0.39 is 0 Å². The largest absolute Gasteiger partial charge is 0.497 e. The Bertz CT molecular complexity index is 876. The van der Waals surface area contributed by atoms with E-state index in [1.165, 1.54) is 11.1 Å². The molecule has 3 atom stereocenters. The Morgan fingerprint density at radius 2 is 2.00 bits per heavy atom. The van der Waals surface area contributed by atoms with Crippen molar-refractivity contribution in [2.24, 2.45) is 5.92 Å². The van der Waals surface area contributed by atoms with Gasteiger partial charge in [-0.15, -0.1) is 0 Å². The van der Waals surface area contributed by atoms with Crippen LogP contribution in [0.3, 0.4) is 0 Å². The first kappa shape index (κ1) is 18.6. The van der Waals surface area contributed by atoms with Gasteiger partial charge in [0.25, 0.3) is 5.91 Å². The number of nitrogens with one attached hydrogen (secondary N) is 2. The maximum Gasteiger partial charge on any atom is 0.251 e. The van der Waals surface area contributed by atoms with Crippen molar-refractivity contribution < 1.29 is 14.3 Å². The predicted octanol–water partition coefficient (Wildman–Crippen LogP) is 3.90. The monoisotopic (exact) mass is 378 g/mol. The van der Waals surface area contributed by atoms with Gasteiger partial charge in [-0.3, -0.25) is 4.79 Å². The number of carbonyl (C=O) groups is 1. The Kier molecular flexibility index (Phi) is 5.35. The molecule has 0 spiro atoms. The molecule has 5 nitrogen and oxygen atoms in total. The Labute approximate surface area is 165 Å². The molecule has 4 rings (SSSR count). The van der Waals surface area contributed by atoms with Crippen molar-refractivity contribution in [1.29, 1.82) is 0 Å². The van der Waals surface area contributed by atoms with Crippen LogP contribution in [0.25, 0.3) is 0 Å². The van der Waals surface area contributed by atoms with Gasteiger partial charge < -0.3 is 20.1 Å². The Morgan fingerprint density at radius 3 is 2.75 bits per heavy atom. The van der Waals surface area contributed by atoms with E-state index in [4.69, 9.17) is 9.47 Å². The van der Waals surface area contributed by atoms with Crippen LogP contribution in [0.4, 0.5) is 5.69 Å². The number of anilines is 1. The molecule has 2 aliphatic rings. The highest BCUT2D eigenvalue weighted by atomic mass is 16.5. The van der Waals surface area contributed by atoms with Crippen LogP contribution in [0.2, 0.25) is 0 Å². The number of hydrogen-bond donors (Lipinski definition) is 2. The Hall–Kier alpha value is -2.79. The van der Waals surface area contributed by atoms with Crippen LogP contribution < -0.4 is 15.4 Å². The average molecular weight is 378 g/mol. The van der Waals surface area contributed by atoms with Gasteiger partial charge in [0.1, 0.15) is 5.75 Å². The molecule has 146 valence electrons. The third-order valence-electron chi connectivity index (χ3n) is 5.69. The summed E-state index contributed by atoms with van der Waals surface area (Å²) in [6.45, 7) is 1.02. The fraction of sp³-hybridized carbons (Fsp3) is 0.348. The van der Waals surface area contributed by atoms with E-state index in [1.54, 1.807) is 14.2 Å². The van der Waals surface area contributed by atoms with Crippen molar-refractivity contribution in [3.05, 3.63) is 71.3 Å². The first-order chi connectivity index (χ1) is 13.7. The molecule has 2 N–H and O–H groups in total. The quantitative estimate of drug-likeness (QED) is 0.591. The fourth-order valence-electron chi connectivity index (χ4n) is 4.25. The molecule has 0 radical (unpaired) electrons. The number of benzene rings is 2. The number of carbonyl (C=O) groups excluding carboxylic acids is 1. The van der Waals surface area contributed by atoms with Crippen LogP contribution in [0, 0.1) is 5.92 Å². The lowest BCUT2D eigenvalue weighted by Gasteiger charge is -2.37. The molecular formula is C23H26N2O3. The maximum absolute atomic E-state index is 12.4. The van der Waals surface area contributed by atoms with Crippen molar-refractivity contribution in [1.82, 2.24) is 5.32 Å². The summed E-state index contributed by atoms with van der Waals surface area (Å²) in [4.78, 5) is 12.4.